The monoisotopic (exact) mass is 320 g/mol. The Balaban J connectivity index is 2.04. The number of hydrogen-bond donors (Lipinski definition) is 2. The van der Waals surface area contributed by atoms with Gasteiger partial charge < -0.3 is 11.1 Å². The van der Waals surface area contributed by atoms with E-state index in [1.807, 2.05) is 0 Å². The predicted molar refractivity (Wildman–Crippen MR) is 76.0 cm³/mol. The van der Waals surface area contributed by atoms with Crippen molar-refractivity contribution in [3.05, 3.63) is 23.2 Å². The highest BCUT2D eigenvalue weighted by molar-refractivity contribution is 6.33. The van der Waals surface area contributed by atoms with E-state index in [4.69, 9.17) is 17.3 Å². The molecule has 1 aliphatic rings. The zero-order valence-corrected chi connectivity index (χ0v) is 12.0. The molecule has 2 atom stereocenters. The van der Waals surface area contributed by atoms with Gasteiger partial charge in [0.05, 0.1) is 16.6 Å². The molecule has 3 nitrogen and oxygen atoms in total. The molecule has 0 spiro atoms. The zero-order chi connectivity index (χ0) is 15.6. The van der Waals surface area contributed by atoms with Crippen LogP contribution in [-0.4, -0.2) is 12.1 Å². The quantitative estimate of drug-likeness (QED) is 0.801. The molecule has 1 aromatic carbocycles. The zero-order valence-electron chi connectivity index (χ0n) is 11.2. The second-order valence-electron chi connectivity index (χ2n) is 5.33. The summed E-state index contributed by atoms with van der Waals surface area (Å²) in [5, 5.41) is 2.88. The molecule has 1 amide bonds. The van der Waals surface area contributed by atoms with Crippen molar-refractivity contribution in [1.82, 2.24) is 0 Å². The number of amides is 1. The molecular weight excluding hydrogens is 305 g/mol. The molecule has 1 fully saturated rings. The lowest BCUT2D eigenvalue weighted by Crippen LogP contribution is -2.34. The van der Waals surface area contributed by atoms with Gasteiger partial charge in [-0.2, -0.15) is 13.2 Å². The van der Waals surface area contributed by atoms with Crippen LogP contribution in [0.1, 0.15) is 25.7 Å². The third-order valence-electron chi connectivity index (χ3n) is 3.76. The van der Waals surface area contributed by atoms with Crippen LogP contribution in [0.25, 0.3) is 0 Å². The van der Waals surface area contributed by atoms with Gasteiger partial charge >= 0.3 is 6.18 Å². The van der Waals surface area contributed by atoms with Gasteiger partial charge in [-0.25, -0.2) is 0 Å². The molecule has 0 aromatic heterocycles. The Morgan fingerprint density at radius 2 is 2.05 bits per heavy atom. The minimum Gasteiger partial charge on any atom is -0.399 e. The number of halogens is 4. The topological polar surface area (TPSA) is 55.1 Å². The van der Waals surface area contributed by atoms with Gasteiger partial charge in [0, 0.05) is 11.6 Å². The molecule has 7 heteroatoms. The third kappa shape index (κ3) is 4.03. The molecule has 3 N–H and O–H groups in total. The number of rotatable bonds is 2. The smallest absolute Gasteiger partial charge is 0.391 e. The molecule has 0 radical (unpaired) electrons. The Bertz CT molecular complexity index is 533. The number of anilines is 2. The Labute approximate surface area is 125 Å². The molecule has 0 saturated heterocycles. The highest BCUT2D eigenvalue weighted by Crippen LogP contribution is 2.40. The highest BCUT2D eigenvalue weighted by atomic mass is 35.5. The summed E-state index contributed by atoms with van der Waals surface area (Å²) in [4.78, 5) is 12.1. The average molecular weight is 321 g/mol. The summed E-state index contributed by atoms with van der Waals surface area (Å²) in [5.41, 5.74) is 6.35. The van der Waals surface area contributed by atoms with Crippen LogP contribution in [0.3, 0.4) is 0 Å². The summed E-state index contributed by atoms with van der Waals surface area (Å²) in [5.74, 6) is -2.49. The van der Waals surface area contributed by atoms with Gasteiger partial charge in [0.2, 0.25) is 5.91 Å². The van der Waals surface area contributed by atoms with Gasteiger partial charge in [-0.05, 0) is 37.5 Å². The van der Waals surface area contributed by atoms with E-state index in [-0.39, 0.29) is 12.8 Å². The molecule has 0 aliphatic heterocycles. The van der Waals surface area contributed by atoms with Crippen LogP contribution in [0.4, 0.5) is 24.5 Å². The van der Waals surface area contributed by atoms with Gasteiger partial charge in [-0.3, -0.25) is 4.79 Å². The van der Waals surface area contributed by atoms with Crippen molar-refractivity contribution < 1.29 is 18.0 Å². The molecule has 2 rings (SSSR count). The van der Waals surface area contributed by atoms with Crippen LogP contribution in [0.15, 0.2) is 18.2 Å². The summed E-state index contributed by atoms with van der Waals surface area (Å²) < 4.78 is 38.3. The van der Waals surface area contributed by atoms with E-state index < -0.39 is 23.9 Å². The van der Waals surface area contributed by atoms with E-state index in [0.29, 0.717) is 29.2 Å². The van der Waals surface area contributed by atoms with E-state index in [1.54, 1.807) is 6.07 Å². The maximum Gasteiger partial charge on any atom is 0.391 e. The average Bonchev–Trinajstić information content (AvgIpc) is 2.42. The van der Waals surface area contributed by atoms with Crippen molar-refractivity contribution in [3.63, 3.8) is 0 Å². The van der Waals surface area contributed by atoms with Crippen molar-refractivity contribution in [3.8, 4) is 0 Å². The van der Waals surface area contributed by atoms with Gasteiger partial charge in [0.1, 0.15) is 0 Å². The van der Waals surface area contributed by atoms with E-state index >= 15 is 0 Å². The van der Waals surface area contributed by atoms with Crippen molar-refractivity contribution in [1.29, 1.82) is 0 Å². The fraction of sp³-hybridized carbons (Fsp3) is 0.500. The lowest BCUT2D eigenvalue weighted by Gasteiger charge is -2.29. The summed E-state index contributed by atoms with van der Waals surface area (Å²) in [7, 11) is 0. The van der Waals surface area contributed by atoms with Gasteiger partial charge in [0.15, 0.2) is 0 Å². The third-order valence-corrected chi connectivity index (χ3v) is 4.09. The lowest BCUT2D eigenvalue weighted by molar-refractivity contribution is -0.185. The van der Waals surface area contributed by atoms with Crippen LogP contribution in [0.2, 0.25) is 5.02 Å². The number of alkyl halides is 3. The summed E-state index contributed by atoms with van der Waals surface area (Å²) in [6.07, 6.45) is -3.47. The normalized spacial score (nSPS) is 22.9. The van der Waals surface area contributed by atoms with Crippen molar-refractivity contribution in [2.24, 2.45) is 11.8 Å². The van der Waals surface area contributed by atoms with Crippen LogP contribution in [0, 0.1) is 11.8 Å². The fourth-order valence-corrected chi connectivity index (χ4v) is 2.76. The number of nitrogens with one attached hydrogen (secondary N) is 1. The minimum absolute atomic E-state index is 0.0896. The Hall–Kier alpha value is -1.43. The molecule has 1 aliphatic carbocycles. The lowest BCUT2D eigenvalue weighted by atomic mass is 9.80. The predicted octanol–water partition coefficient (Wildman–Crippen LogP) is 4.23. The fourth-order valence-electron chi connectivity index (χ4n) is 2.60. The second-order valence-corrected chi connectivity index (χ2v) is 5.74. The molecule has 1 saturated carbocycles. The standard InChI is InChI=1S/C14H16ClF3N2O/c15-11-5-4-10(19)7-12(11)20-13(21)8-2-1-3-9(6-8)14(16,17)18/h4-5,7-9H,1-3,6,19H2,(H,20,21). The minimum atomic E-state index is -4.24. The van der Waals surface area contributed by atoms with Crippen molar-refractivity contribution >= 4 is 28.9 Å². The van der Waals surface area contributed by atoms with Gasteiger partial charge in [0.25, 0.3) is 0 Å². The Morgan fingerprint density at radius 3 is 2.71 bits per heavy atom. The molecular formula is C14H16ClF3N2O. The van der Waals surface area contributed by atoms with Crippen molar-refractivity contribution in [2.45, 2.75) is 31.9 Å². The summed E-state index contributed by atoms with van der Waals surface area (Å²) >= 11 is 5.93. The molecule has 1 aromatic rings. The first kappa shape index (κ1) is 15.9. The number of nitrogen functional groups attached to an aromatic ring is 1. The Morgan fingerprint density at radius 1 is 1.33 bits per heavy atom. The molecule has 2 unspecified atom stereocenters. The molecule has 0 bridgehead atoms. The highest BCUT2D eigenvalue weighted by Gasteiger charge is 2.43. The number of hydrogen-bond acceptors (Lipinski definition) is 2. The first-order valence-electron chi connectivity index (χ1n) is 6.70. The van der Waals surface area contributed by atoms with E-state index in [9.17, 15) is 18.0 Å². The SMILES string of the molecule is Nc1ccc(Cl)c(NC(=O)C2CCCC(C(F)(F)F)C2)c1. The van der Waals surface area contributed by atoms with Crippen LogP contribution in [0.5, 0.6) is 0 Å². The van der Waals surface area contributed by atoms with Gasteiger partial charge in [-0.1, -0.05) is 18.0 Å². The first-order chi connectivity index (χ1) is 9.77. The van der Waals surface area contributed by atoms with Crippen molar-refractivity contribution in [2.75, 3.05) is 11.1 Å². The molecule has 116 valence electrons. The van der Waals surface area contributed by atoms with Crippen LogP contribution >= 0.6 is 11.6 Å². The second kappa shape index (κ2) is 6.13. The Kier molecular flexibility index (Phi) is 4.66. The maximum atomic E-state index is 12.8. The van der Waals surface area contributed by atoms with Crippen LogP contribution < -0.4 is 11.1 Å². The number of benzene rings is 1. The first-order valence-corrected chi connectivity index (χ1v) is 7.08. The molecule has 21 heavy (non-hydrogen) atoms. The summed E-state index contributed by atoms with van der Waals surface area (Å²) in [6.45, 7) is 0. The molecule has 0 heterocycles. The van der Waals surface area contributed by atoms with Crippen LogP contribution in [-0.2, 0) is 4.79 Å². The number of carbonyl (C=O) groups excluding carboxylic acids is 1. The largest absolute Gasteiger partial charge is 0.399 e. The summed E-state index contributed by atoms with van der Waals surface area (Å²) in [6, 6.07) is 4.61. The van der Waals surface area contributed by atoms with E-state index in [0.717, 1.165) is 0 Å². The van der Waals surface area contributed by atoms with Gasteiger partial charge in [-0.15, -0.1) is 0 Å². The maximum absolute atomic E-state index is 12.8. The number of carbonyl (C=O) groups is 1. The van der Waals surface area contributed by atoms with E-state index in [2.05, 4.69) is 5.32 Å². The number of nitrogens with two attached hydrogens (primary N) is 1. The van der Waals surface area contributed by atoms with E-state index in [1.165, 1.54) is 12.1 Å².